The van der Waals surface area contributed by atoms with Crippen LogP contribution in [0.3, 0.4) is 0 Å². The fraction of sp³-hybridized carbons (Fsp3) is 0.179. The van der Waals surface area contributed by atoms with Gasteiger partial charge in [-0.05, 0) is 61.0 Å². The van der Waals surface area contributed by atoms with E-state index in [9.17, 15) is 18.8 Å². The lowest BCUT2D eigenvalue weighted by molar-refractivity contribution is -0.122. The Labute approximate surface area is 206 Å². The molecule has 5 nitrogen and oxygen atoms in total. The number of para-hydroxylation sites is 1. The highest BCUT2D eigenvalue weighted by molar-refractivity contribution is 6.30. The predicted octanol–water partition coefficient (Wildman–Crippen LogP) is 5.04. The summed E-state index contributed by atoms with van der Waals surface area (Å²) in [5, 5.41) is 3.43. The number of carbonyl (C=O) groups is 3. The normalized spacial score (nSPS) is 25.7. The first-order chi connectivity index (χ1) is 16.8. The molecular weight excluding hydrogens is 467 g/mol. The van der Waals surface area contributed by atoms with Gasteiger partial charge in [0.25, 0.3) is 0 Å². The van der Waals surface area contributed by atoms with E-state index in [2.05, 4.69) is 5.32 Å². The van der Waals surface area contributed by atoms with Crippen molar-refractivity contribution in [3.8, 4) is 0 Å². The Hall–Kier alpha value is -3.77. The number of benzene rings is 3. The molecule has 3 aromatic rings. The number of Topliss-reactive ketones (excluding diaryl/α,β-unsaturated/α-hetero) is 2. The average molecular weight is 487 g/mol. The third-order valence-corrected chi connectivity index (χ3v) is 7.67. The van der Waals surface area contributed by atoms with Gasteiger partial charge in [0.1, 0.15) is 11.2 Å². The fourth-order valence-electron chi connectivity index (χ4n) is 6.10. The van der Waals surface area contributed by atoms with Crippen LogP contribution in [0.5, 0.6) is 0 Å². The van der Waals surface area contributed by atoms with Crippen molar-refractivity contribution in [3.05, 3.63) is 100 Å². The molecule has 1 amide bonds. The van der Waals surface area contributed by atoms with Crippen molar-refractivity contribution in [1.29, 1.82) is 0 Å². The summed E-state index contributed by atoms with van der Waals surface area (Å²) in [4.78, 5) is 43.3. The van der Waals surface area contributed by atoms with Crippen LogP contribution in [-0.4, -0.2) is 29.6 Å². The van der Waals surface area contributed by atoms with Crippen molar-refractivity contribution in [2.75, 3.05) is 10.2 Å². The van der Waals surface area contributed by atoms with Gasteiger partial charge in [-0.15, -0.1) is 0 Å². The molecule has 1 saturated heterocycles. The van der Waals surface area contributed by atoms with Gasteiger partial charge in [-0.3, -0.25) is 14.4 Å². The van der Waals surface area contributed by atoms with Gasteiger partial charge >= 0.3 is 0 Å². The zero-order valence-electron chi connectivity index (χ0n) is 18.7. The van der Waals surface area contributed by atoms with Crippen molar-refractivity contribution in [1.82, 2.24) is 0 Å². The molecule has 3 aliphatic heterocycles. The Morgan fingerprint density at radius 3 is 2.54 bits per heavy atom. The lowest BCUT2D eigenvalue weighted by atomic mass is 9.64. The number of halogens is 2. The second-order valence-electron chi connectivity index (χ2n) is 9.19. The Balaban J connectivity index is 1.65. The maximum Gasteiger partial charge on any atom is 0.238 e. The zero-order valence-corrected chi connectivity index (χ0v) is 19.4. The number of rotatable bonds is 3. The highest BCUT2D eigenvalue weighted by atomic mass is 35.5. The van der Waals surface area contributed by atoms with Gasteiger partial charge in [0, 0.05) is 27.5 Å². The van der Waals surface area contributed by atoms with Crippen molar-refractivity contribution >= 4 is 46.5 Å². The van der Waals surface area contributed by atoms with E-state index in [0.29, 0.717) is 33.1 Å². The van der Waals surface area contributed by atoms with Gasteiger partial charge in [-0.1, -0.05) is 42.0 Å². The summed E-state index contributed by atoms with van der Waals surface area (Å²) in [7, 11) is 0. The number of nitrogens with one attached hydrogen (secondary N) is 1. The van der Waals surface area contributed by atoms with Crippen LogP contribution in [0.25, 0.3) is 6.08 Å². The quantitative estimate of drug-likeness (QED) is 0.527. The van der Waals surface area contributed by atoms with E-state index in [0.717, 1.165) is 0 Å². The maximum absolute atomic E-state index is 14.2. The monoisotopic (exact) mass is 486 g/mol. The van der Waals surface area contributed by atoms with Crippen molar-refractivity contribution in [2.45, 2.75) is 24.4 Å². The van der Waals surface area contributed by atoms with Gasteiger partial charge in [0.2, 0.25) is 5.91 Å². The van der Waals surface area contributed by atoms with Gasteiger partial charge in [-0.2, -0.15) is 0 Å². The number of anilines is 2. The largest absolute Gasteiger partial charge is 0.352 e. The summed E-state index contributed by atoms with van der Waals surface area (Å²) in [6, 6.07) is 16.5. The van der Waals surface area contributed by atoms with Crippen molar-refractivity contribution < 1.29 is 18.8 Å². The number of nitrogens with zero attached hydrogens (tertiary/aromatic N) is 1. The molecule has 6 rings (SSSR count). The second-order valence-corrected chi connectivity index (χ2v) is 9.62. The lowest BCUT2D eigenvalue weighted by Gasteiger charge is -2.37. The van der Waals surface area contributed by atoms with Crippen LogP contribution in [0.2, 0.25) is 5.02 Å². The number of amides is 1. The molecule has 3 aromatic carbocycles. The maximum atomic E-state index is 14.2. The summed E-state index contributed by atoms with van der Waals surface area (Å²) in [6.45, 7) is 1.43. The minimum absolute atomic E-state index is 0.248. The Morgan fingerprint density at radius 2 is 1.80 bits per heavy atom. The Kier molecular flexibility index (Phi) is 4.73. The Bertz CT molecular complexity index is 1450. The van der Waals surface area contributed by atoms with E-state index in [-0.39, 0.29) is 17.5 Å². The van der Waals surface area contributed by atoms with E-state index in [1.165, 1.54) is 19.1 Å². The van der Waals surface area contributed by atoms with Gasteiger partial charge < -0.3 is 10.2 Å². The first-order valence-electron chi connectivity index (χ1n) is 11.3. The van der Waals surface area contributed by atoms with Crippen LogP contribution in [0.1, 0.15) is 28.4 Å². The highest BCUT2D eigenvalue weighted by Gasteiger charge is 2.69. The third kappa shape index (κ3) is 2.89. The number of carbonyl (C=O) groups excluding carboxylic acids is 3. The molecule has 0 radical (unpaired) electrons. The smallest absolute Gasteiger partial charge is 0.238 e. The average Bonchev–Trinajstić information content (AvgIpc) is 3.32. The number of hydrogen-bond donors (Lipinski definition) is 1. The van der Waals surface area contributed by atoms with Crippen molar-refractivity contribution in [3.63, 3.8) is 0 Å². The van der Waals surface area contributed by atoms with Crippen LogP contribution in [-0.2, 0) is 15.0 Å². The molecule has 1 fully saturated rings. The van der Waals surface area contributed by atoms with Crippen LogP contribution in [0.15, 0.2) is 72.8 Å². The minimum Gasteiger partial charge on any atom is -0.352 e. The Morgan fingerprint density at radius 1 is 1.06 bits per heavy atom. The second kappa shape index (κ2) is 7.62. The molecule has 4 unspecified atom stereocenters. The summed E-state index contributed by atoms with van der Waals surface area (Å²) in [5.74, 6) is -2.32. The molecule has 0 aliphatic carbocycles. The third-order valence-electron chi connectivity index (χ3n) is 7.42. The highest BCUT2D eigenvalue weighted by Crippen LogP contribution is 2.57. The molecule has 174 valence electrons. The molecule has 1 N–H and O–H groups in total. The van der Waals surface area contributed by atoms with Gasteiger partial charge in [0.05, 0.1) is 18.0 Å². The lowest BCUT2D eigenvalue weighted by Crippen LogP contribution is -2.51. The van der Waals surface area contributed by atoms with Crippen LogP contribution in [0, 0.1) is 11.7 Å². The van der Waals surface area contributed by atoms with E-state index in [1.807, 2.05) is 29.2 Å². The van der Waals surface area contributed by atoms with Crippen molar-refractivity contribution in [2.24, 2.45) is 5.92 Å². The summed E-state index contributed by atoms with van der Waals surface area (Å²) >= 11 is 6.06. The topological polar surface area (TPSA) is 66.5 Å². The van der Waals surface area contributed by atoms with E-state index >= 15 is 0 Å². The summed E-state index contributed by atoms with van der Waals surface area (Å²) in [6.07, 6.45) is 3.58. The molecule has 35 heavy (non-hydrogen) atoms. The van der Waals surface area contributed by atoms with E-state index < -0.39 is 29.2 Å². The number of hydrogen-bond acceptors (Lipinski definition) is 4. The van der Waals surface area contributed by atoms with Crippen LogP contribution in [0.4, 0.5) is 15.8 Å². The standard InChI is InChI=1S/C28H20ClFN2O3/c1-15(33)25-24(26(34)16-6-9-18(29)10-7-16)28(20-4-2-3-5-21(20)31-27(28)35)23-13-8-17-14-19(30)11-12-22(17)32(23)25/h2-14,23-25H,1H3,(H,31,35). The molecule has 3 heterocycles. The summed E-state index contributed by atoms with van der Waals surface area (Å²) in [5.41, 5.74) is 1.51. The molecule has 3 aliphatic rings. The molecule has 7 heteroatoms. The van der Waals surface area contributed by atoms with E-state index in [1.54, 1.807) is 42.5 Å². The molecule has 4 atom stereocenters. The van der Waals surface area contributed by atoms with E-state index in [4.69, 9.17) is 11.6 Å². The number of fused-ring (bicyclic) bond motifs is 6. The molecule has 0 saturated carbocycles. The fourth-order valence-corrected chi connectivity index (χ4v) is 6.22. The van der Waals surface area contributed by atoms with Crippen LogP contribution < -0.4 is 10.2 Å². The summed E-state index contributed by atoms with van der Waals surface area (Å²) < 4.78 is 14.1. The molecular formula is C28H20ClFN2O3. The minimum atomic E-state index is -1.35. The zero-order chi connectivity index (χ0) is 24.5. The first-order valence-corrected chi connectivity index (χ1v) is 11.7. The number of ketones is 2. The first kappa shape index (κ1) is 21.7. The predicted molar refractivity (Wildman–Crippen MR) is 132 cm³/mol. The SMILES string of the molecule is CC(=O)C1C(C(=O)c2ccc(Cl)cc2)C2(C(=O)Nc3ccccc32)C2C=Cc3cc(F)ccc3N12. The molecule has 1 spiro atoms. The van der Waals surface area contributed by atoms with Gasteiger partial charge in [-0.25, -0.2) is 4.39 Å². The molecule has 0 aromatic heterocycles. The van der Waals surface area contributed by atoms with Gasteiger partial charge in [0.15, 0.2) is 11.6 Å². The van der Waals surface area contributed by atoms with Crippen LogP contribution >= 0.6 is 11.6 Å². The molecule has 0 bridgehead atoms.